The van der Waals surface area contributed by atoms with Gasteiger partial charge in [-0.05, 0) is 19.4 Å². The highest BCUT2D eigenvalue weighted by Gasteiger charge is 2.29. The molecule has 0 fully saturated rings. The third-order valence-electron chi connectivity index (χ3n) is 3.01. The van der Waals surface area contributed by atoms with Crippen molar-refractivity contribution >= 4 is 39.5 Å². The zero-order valence-corrected chi connectivity index (χ0v) is 14.3. The molecule has 1 heterocycles. The Morgan fingerprint density at radius 2 is 1.67 bits per heavy atom. The average molecular weight is 346 g/mol. The number of aliphatic imine (C=N–C) groups is 1. The lowest BCUT2D eigenvalue weighted by atomic mass is 10.1. The Labute approximate surface area is 143 Å². The molecule has 0 radical (unpaired) electrons. The van der Waals surface area contributed by atoms with Gasteiger partial charge in [-0.1, -0.05) is 41.7 Å². The fourth-order valence-electron chi connectivity index (χ4n) is 2.00. The monoisotopic (exact) mass is 346 g/mol. The van der Waals surface area contributed by atoms with Gasteiger partial charge in [0.25, 0.3) is 0 Å². The van der Waals surface area contributed by atoms with Crippen LogP contribution in [0.5, 0.6) is 0 Å². The summed E-state index contributed by atoms with van der Waals surface area (Å²) in [4.78, 5) is 28.7. The van der Waals surface area contributed by atoms with Crippen molar-refractivity contribution in [2.45, 2.75) is 13.8 Å². The Balaban J connectivity index is 2.47. The van der Waals surface area contributed by atoms with Crippen molar-refractivity contribution in [1.82, 2.24) is 0 Å². The minimum Gasteiger partial charge on any atom is -0.462 e. The molecule has 0 aliphatic heterocycles. The van der Waals surface area contributed by atoms with Gasteiger partial charge in [-0.15, -0.1) is 0 Å². The minimum atomic E-state index is -0.657. The number of rotatable bonds is 6. The molecule has 0 saturated heterocycles. The molecule has 2 rings (SSSR count). The molecule has 6 nitrogen and oxygen atoms in total. The molecule has 0 atom stereocenters. The van der Waals surface area contributed by atoms with E-state index in [4.69, 9.17) is 15.2 Å². The molecule has 2 N–H and O–H groups in total. The summed E-state index contributed by atoms with van der Waals surface area (Å²) >= 11 is 1.05. The molecule has 0 saturated carbocycles. The van der Waals surface area contributed by atoms with Crippen LogP contribution in [-0.2, 0) is 9.47 Å². The topological polar surface area (TPSA) is 91.0 Å². The molecule has 7 heteroatoms. The summed E-state index contributed by atoms with van der Waals surface area (Å²) in [7, 11) is 0. The number of esters is 2. The van der Waals surface area contributed by atoms with Crippen LogP contribution in [0.4, 0.5) is 10.0 Å². The summed E-state index contributed by atoms with van der Waals surface area (Å²) in [6.45, 7) is 3.72. The largest absolute Gasteiger partial charge is 0.462 e. The summed E-state index contributed by atoms with van der Waals surface area (Å²) < 4.78 is 10.0. The predicted molar refractivity (Wildman–Crippen MR) is 94.3 cm³/mol. The molecule has 126 valence electrons. The standard InChI is InChI=1S/C17H18N2O4S/c1-3-22-16(20)12-13(17(21)23-4-2)15(24-14(12)18)19-10-11-8-6-5-7-9-11/h5-10H,3-4,18H2,1-2H3. The number of benzene rings is 1. The molecular weight excluding hydrogens is 328 g/mol. The average Bonchev–Trinajstić information content (AvgIpc) is 2.91. The lowest BCUT2D eigenvalue weighted by Gasteiger charge is -2.05. The van der Waals surface area contributed by atoms with E-state index in [9.17, 15) is 9.59 Å². The number of carbonyl (C=O) groups is 2. The number of anilines is 1. The molecule has 1 aromatic heterocycles. The molecule has 0 amide bonds. The van der Waals surface area contributed by atoms with Crippen LogP contribution in [0.1, 0.15) is 40.1 Å². The molecule has 1 aromatic carbocycles. The highest BCUT2D eigenvalue weighted by Crippen LogP contribution is 2.38. The second kappa shape index (κ2) is 8.26. The van der Waals surface area contributed by atoms with E-state index < -0.39 is 11.9 Å². The summed E-state index contributed by atoms with van der Waals surface area (Å²) in [5.74, 6) is -1.30. The summed E-state index contributed by atoms with van der Waals surface area (Å²) in [5.41, 5.74) is 6.83. The SMILES string of the molecule is CCOC(=O)c1c(N)sc(N=Cc2ccccc2)c1C(=O)OCC. The molecular formula is C17H18N2O4S. The summed E-state index contributed by atoms with van der Waals surface area (Å²) in [6.07, 6.45) is 1.60. The van der Waals surface area contributed by atoms with Crippen molar-refractivity contribution in [2.24, 2.45) is 4.99 Å². The lowest BCUT2D eigenvalue weighted by Crippen LogP contribution is -2.13. The van der Waals surface area contributed by atoms with E-state index in [0.29, 0.717) is 5.00 Å². The third kappa shape index (κ3) is 3.99. The van der Waals surface area contributed by atoms with Crippen LogP contribution in [0.25, 0.3) is 0 Å². The van der Waals surface area contributed by atoms with Gasteiger partial charge in [0, 0.05) is 6.21 Å². The van der Waals surface area contributed by atoms with Crippen LogP contribution >= 0.6 is 11.3 Å². The summed E-state index contributed by atoms with van der Waals surface area (Å²) in [5, 5.41) is 0.495. The van der Waals surface area contributed by atoms with Crippen molar-refractivity contribution in [1.29, 1.82) is 0 Å². The van der Waals surface area contributed by atoms with Gasteiger partial charge < -0.3 is 15.2 Å². The number of nitrogen functional groups attached to an aromatic ring is 1. The van der Waals surface area contributed by atoms with Crippen LogP contribution in [-0.4, -0.2) is 31.4 Å². The normalized spacial score (nSPS) is 10.8. The van der Waals surface area contributed by atoms with Crippen molar-refractivity contribution in [2.75, 3.05) is 18.9 Å². The first kappa shape index (κ1) is 17.7. The number of hydrogen-bond donors (Lipinski definition) is 1. The van der Waals surface area contributed by atoms with E-state index in [1.165, 1.54) is 0 Å². The highest BCUT2D eigenvalue weighted by atomic mass is 32.1. The zero-order valence-electron chi connectivity index (χ0n) is 13.4. The maximum Gasteiger partial charge on any atom is 0.342 e. The predicted octanol–water partition coefficient (Wildman–Crippen LogP) is 3.43. The summed E-state index contributed by atoms with van der Waals surface area (Å²) in [6, 6.07) is 9.39. The van der Waals surface area contributed by atoms with Gasteiger partial charge in [0.05, 0.1) is 13.2 Å². The van der Waals surface area contributed by atoms with Crippen LogP contribution in [0.3, 0.4) is 0 Å². The fourth-order valence-corrected chi connectivity index (χ4v) is 2.89. The van der Waals surface area contributed by atoms with Crippen LogP contribution in [0, 0.1) is 0 Å². The smallest absolute Gasteiger partial charge is 0.342 e. The van der Waals surface area contributed by atoms with Gasteiger partial charge >= 0.3 is 11.9 Å². The molecule has 0 aliphatic rings. The molecule has 24 heavy (non-hydrogen) atoms. The van der Waals surface area contributed by atoms with Gasteiger partial charge in [-0.2, -0.15) is 0 Å². The molecule has 0 spiro atoms. The Kier molecular flexibility index (Phi) is 6.08. The van der Waals surface area contributed by atoms with Gasteiger partial charge in [0.15, 0.2) is 0 Å². The van der Waals surface area contributed by atoms with E-state index in [-0.39, 0.29) is 29.3 Å². The van der Waals surface area contributed by atoms with Crippen LogP contribution in [0.15, 0.2) is 35.3 Å². The van der Waals surface area contributed by atoms with Gasteiger partial charge in [-0.25, -0.2) is 14.6 Å². The second-order valence-corrected chi connectivity index (χ2v) is 5.66. The van der Waals surface area contributed by atoms with Gasteiger partial charge in [0.2, 0.25) is 0 Å². The van der Waals surface area contributed by atoms with Crippen molar-refractivity contribution in [3.05, 3.63) is 47.0 Å². The second-order valence-electron chi connectivity index (χ2n) is 4.63. The fraction of sp³-hybridized carbons (Fsp3) is 0.235. The molecule has 2 aromatic rings. The van der Waals surface area contributed by atoms with E-state index in [0.717, 1.165) is 16.9 Å². The van der Waals surface area contributed by atoms with Gasteiger partial charge in [-0.3, -0.25) is 0 Å². The number of hydrogen-bond acceptors (Lipinski definition) is 7. The molecule has 0 bridgehead atoms. The first-order chi connectivity index (χ1) is 11.6. The van der Waals surface area contributed by atoms with Crippen LogP contribution < -0.4 is 5.73 Å². The maximum atomic E-state index is 12.3. The Morgan fingerprint density at radius 3 is 2.25 bits per heavy atom. The lowest BCUT2D eigenvalue weighted by molar-refractivity contribution is 0.0481. The number of nitrogens with zero attached hydrogens (tertiary/aromatic N) is 1. The van der Waals surface area contributed by atoms with Crippen molar-refractivity contribution < 1.29 is 19.1 Å². The quantitative estimate of drug-likeness (QED) is 0.639. The number of ether oxygens (including phenoxy) is 2. The highest BCUT2D eigenvalue weighted by molar-refractivity contribution is 7.20. The zero-order chi connectivity index (χ0) is 17.5. The van der Waals surface area contributed by atoms with E-state index >= 15 is 0 Å². The minimum absolute atomic E-state index is 0.0144. The van der Waals surface area contributed by atoms with E-state index in [1.54, 1.807) is 20.1 Å². The van der Waals surface area contributed by atoms with Gasteiger partial charge in [0.1, 0.15) is 21.1 Å². The number of thiophene rings is 1. The Hall–Kier alpha value is -2.67. The Bertz CT molecular complexity index is 753. The van der Waals surface area contributed by atoms with Crippen LogP contribution in [0.2, 0.25) is 0 Å². The van der Waals surface area contributed by atoms with E-state index in [1.807, 2.05) is 30.3 Å². The first-order valence-electron chi connectivity index (χ1n) is 7.44. The maximum absolute atomic E-state index is 12.3. The first-order valence-corrected chi connectivity index (χ1v) is 8.25. The molecule has 0 unspecified atom stereocenters. The number of carbonyl (C=O) groups excluding carboxylic acids is 2. The third-order valence-corrected chi connectivity index (χ3v) is 3.93. The molecule has 0 aliphatic carbocycles. The Morgan fingerprint density at radius 1 is 1.08 bits per heavy atom. The number of nitrogens with two attached hydrogens (primary N) is 1. The van der Waals surface area contributed by atoms with E-state index in [2.05, 4.69) is 4.99 Å². The van der Waals surface area contributed by atoms with Crippen molar-refractivity contribution in [3.8, 4) is 0 Å². The van der Waals surface area contributed by atoms with Crippen molar-refractivity contribution in [3.63, 3.8) is 0 Å².